The molecule has 13 heteroatoms. The number of halogens is 3. The molecule has 3 atom stereocenters. The molecule has 0 spiro atoms. The molecule has 1 aromatic carbocycles. The van der Waals surface area contributed by atoms with Gasteiger partial charge in [0.05, 0.1) is 27.7 Å². The lowest BCUT2D eigenvalue weighted by Crippen LogP contribution is -2.48. The molecule has 9 nitrogen and oxygen atoms in total. The van der Waals surface area contributed by atoms with Crippen LogP contribution < -0.4 is 10.6 Å². The first-order valence-corrected chi connectivity index (χ1v) is 14.1. The fourth-order valence-corrected chi connectivity index (χ4v) is 6.53. The molecule has 0 aliphatic heterocycles. The summed E-state index contributed by atoms with van der Waals surface area (Å²) in [6.07, 6.45) is -0.0379. The predicted molar refractivity (Wildman–Crippen MR) is 148 cm³/mol. The van der Waals surface area contributed by atoms with Crippen LogP contribution in [0, 0.1) is 12.8 Å². The van der Waals surface area contributed by atoms with Crippen LogP contribution in [0.2, 0.25) is 0 Å². The third-order valence-electron chi connectivity index (χ3n) is 8.16. The van der Waals surface area contributed by atoms with Crippen molar-refractivity contribution >= 4 is 33.3 Å². The molecule has 2 aliphatic rings. The van der Waals surface area contributed by atoms with Gasteiger partial charge in [0.25, 0.3) is 0 Å². The van der Waals surface area contributed by atoms with Crippen molar-refractivity contribution in [3.63, 3.8) is 0 Å². The minimum absolute atomic E-state index is 0.200. The van der Waals surface area contributed by atoms with Crippen LogP contribution in [0.15, 0.2) is 42.7 Å². The first kappa shape index (κ1) is 27.8. The summed E-state index contributed by atoms with van der Waals surface area (Å²) in [5.74, 6) is 0.0551. The van der Waals surface area contributed by atoms with E-state index in [1.807, 2.05) is 6.07 Å². The number of nitrogens with zero attached hydrogens (tertiary/aromatic N) is 4. The highest BCUT2D eigenvalue weighted by Gasteiger charge is 2.47. The molecule has 216 valence electrons. The number of benzene rings is 1. The molecule has 0 bridgehead atoms. The Hall–Kier alpha value is -3.39. The van der Waals surface area contributed by atoms with Gasteiger partial charge >= 0.3 is 6.18 Å². The minimum Gasteiger partial charge on any atom is -0.396 e. The molecule has 0 saturated heterocycles. The molecule has 3 aromatic heterocycles. The number of anilines is 2. The molecule has 2 aliphatic carbocycles. The number of aromatic nitrogens is 4. The van der Waals surface area contributed by atoms with E-state index >= 15 is 0 Å². The zero-order valence-corrected chi connectivity index (χ0v) is 22.9. The summed E-state index contributed by atoms with van der Waals surface area (Å²) in [7, 11) is 0. The first-order chi connectivity index (χ1) is 19.5. The number of rotatable bonds is 8. The quantitative estimate of drug-likeness (QED) is 0.189. The van der Waals surface area contributed by atoms with E-state index in [-0.39, 0.29) is 30.2 Å². The minimum atomic E-state index is -4.39. The topological polar surface area (TPSA) is 136 Å². The molecule has 41 heavy (non-hydrogen) atoms. The molecular weight excluding hydrogens is 557 g/mol. The average molecular weight is 587 g/mol. The second-order valence-corrected chi connectivity index (χ2v) is 11.9. The average Bonchev–Trinajstić information content (AvgIpc) is 3.53. The lowest BCUT2D eigenvalue weighted by molar-refractivity contribution is -0.137. The molecule has 4 aromatic rings. The molecule has 3 heterocycles. The Balaban J connectivity index is 1.32. The van der Waals surface area contributed by atoms with Crippen molar-refractivity contribution in [1.29, 1.82) is 0 Å². The molecule has 2 fully saturated rings. The van der Waals surface area contributed by atoms with Gasteiger partial charge in [-0.2, -0.15) is 18.2 Å². The molecule has 0 amide bonds. The number of hydrogen-bond acceptors (Lipinski definition) is 10. The summed E-state index contributed by atoms with van der Waals surface area (Å²) < 4.78 is 40.0. The lowest BCUT2D eigenvalue weighted by atomic mass is 9.95. The number of fused-ring (bicyclic) bond motifs is 1. The molecule has 5 N–H and O–H groups in total. The van der Waals surface area contributed by atoms with Crippen molar-refractivity contribution < 1.29 is 28.5 Å². The van der Waals surface area contributed by atoms with Crippen molar-refractivity contribution in [2.24, 2.45) is 5.92 Å². The second kappa shape index (κ2) is 10.2. The largest absolute Gasteiger partial charge is 0.416 e. The highest BCUT2D eigenvalue weighted by Crippen LogP contribution is 2.49. The maximum Gasteiger partial charge on any atom is 0.416 e. The van der Waals surface area contributed by atoms with Gasteiger partial charge in [-0.05, 0) is 56.4 Å². The summed E-state index contributed by atoms with van der Waals surface area (Å²) in [6, 6.07) is 7.11. The van der Waals surface area contributed by atoms with Crippen LogP contribution in [0.3, 0.4) is 0 Å². The van der Waals surface area contributed by atoms with Crippen molar-refractivity contribution in [2.75, 3.05) is 23.8 Å². The number of pyridine rings is 1. The summed E-state index contributed by atoms with van der Waals surface area (Å²) in [6.45, 7) is 1.94. The van der Waals surface area contributed by atoms with Crippen molar-refractivity contribution in [1.82, 2.24) is 19.9 Å². The van der Waals surface area contributed by atoms with Crippen LogP contribution in [0.1, 0.15) is 42.5 Å². The Labute approximate surface area is 237 Å². The molecule has 0 unspecified atom stereocenters. The third-order valence-corrected chi connectivity index (χ3v) is 9.21. The number of nitrogens with one attached hydrogen (secondary N) is 2. The predicted octanol–water partition coefficient (Wildman–Crippen LogP) is 4.48. The van der Waals surface area contributed by atoms with Crippen molar-refractivity contribution in [3.8, 4) is 10.6 Å². The molecule has 2 saturated carbocycles. The fraction of sp³-hybridized carbons (Fsp3) is 0.429. The number of aliphatic hydroxyl groups excluding tert-OH is 2. The van der Waals surface area contributed by atoms with Gasteiger partial charge in [-0.15, -0.1) is 11.3 Å². The van der Waals surface area contributed by atoms with E-state index in [9.17, 15) is 28.5 Å². The van der Waals surface area contributed by atoms with E-state index in [2.05, 4.69) is 25.6 Å². The number of aryl methyl sites for hydroxylation is 1. The van der Waals surface area contributed by atoms with Crippen molar-refractivity contribution in [2.45, 2.75) is 56.0 Å². The highest BCUT2D eigenvalue weighted by atomic mass is 32.1. The summed E-state index contributed by atoms with van der Waals surface area (Å²) in [5, 5.41) is 38.6. The van der Waals surface area contributed by atoms with E-state index < -0.39 is 29.5 Å². The van der Waals surface area contributed by atoms with E-state index in [4.69, 9.17) is 4.98 Å². The first-order valence-electron chi connectivity index (χ1n) is 13.3. The van der Waals surface area contributed by atoms with Crippen LogP contribution in [0.5, 0.6) is 0 Å². The van der Waals surface area contributed by atoms with Gasteiger partial charge in [0.1, 0.15) is 22.4 Å². The molecule has 0 radical (unpaired) electrons. The van der Waals surface area contributed by atoms with Gasteiger partial charge in [0.15, 0.2) is 5.72 Å². The second-order valence-electron chi connectivity index (χ2n) is 10.9. The van der Waals surface area contributed by atoms with Gasteiger partial charge in [0, 0.05) is 30.7 Å². The zero-order valence-electron chi connectivity index (χ0n) is 22.1. The summed E-state index contributed by atoms with van der Waals surface area (Å²) in [5.41, 5.74) is -0.0900. The molecule has 6 rings (SSSR count). The maximum atomic E-state index is 13.0. The lowest BCUT2D eigenvalue weighted by Gasteiger charge is -2.31. The van der Waals surface area contributed by atoms with Gasteiger partial charge in [-0.1, -0.05) is 12.1 Å². The van der Waals surface area contributed by atoms with Crippen LogP contribution in [-0.2, 0) is 11.6 Å². The smallest absolute Gasteiger partial charge is 0.396 e. The summed E-state index contributed by atoms with van der Waals surface area (Å²) in [4.78, 5) is 18.2. The Bertz CT molecular complexity index is 1540. The van der Waals surface area contributed by atoms with Crippen LogP contribution >= 0.6 is 11.3 Å². The monoisotopic (exact) mass is 586 g/mol. The Kier molecular flexibility index (Phi) is 6.88. The Morgan fingerprint density at radius 1 is 1.07 bits per heavy atom. The van der Waals surface area contributed by atoms with Gasteiger partial charge in [-0.25, -0.2) is 9.97 Å². The molecular formula is C28H29F3N6O3S. The van der Waals surface area contributed by atoms with Crippen LogP contribution in [0.4, 0.5) is 24.9 Å². The van der Waals surface area contributed by atoms with E-state index in [0.717, 1.165) is 35.2 Å². The van der Waals surface area contributed by atoms with Gasteiger partial charge in [0.2, 0.25) is 5.95 Å². The van der Waals surface area contributed by atoms with Gasteiger partial charge in [-0.3, -0.25) is 4.98 Å². The van der Waals surface area contributed by atoms with Gasteiger partial charge < -0.3 is 26.0 Å². The number of aliphatic hydroxyl groups is 3. The van der Waals surface area contributed by atoms with E-state index in [1.165, 1.54) is 23.5 Å². The maximum absolute atomic E-state index is 13.0. The van der Waals surface area contributed by atoms with Crippen LogP contribution in [0.25, 0.3) is 20.8 Å². The number of hydrogen-bond donors (Lipinski definition) is 5. The number of thiazole rings is 1. The highest BCUT2D eigenvalue weighted by molar-refractivity contribution is 7.21. The standard InChI is InChI=1S/C28H29F3N6O3S/c1-15-21(24-35-19-12-32-11-7-20(19)41-24)23(37-27(40)8-6-16(13-38)22(27)39)36-25(34-15)33-14-26(9-10-26)17-2-4-18(5-3-17)28(29,30)31/h2-5,7,11-12,16,22,38-40H,6,8-10,13-14H2,1H3,(H2,33,34,36,37)/t16-,22-,27-/m1/s1. The number of alkyl halides is 3. The third kappa shape index (κ3) is 5.23. The Morgan fingerprint density at radius 3 is 2.46 bits per heavy atom. The van der Waals surface area contributed by atoms with Crippen LogP contribution in [-0.4, -0.2) is 60.2 Å². The zero-order chi connectivity index (χ0) is 29.0. The van der Waals surface area contributed by atoms with E-state index in [1.54, 1.807) is 19.3 Å². The van der Waals surface area contributed by atoms with E-state index in [0.29, 0.717) is 34.7 Å². The summed E-state index contributed by atoms with van der Waals surface area (Å²) >= 11 is 1.42. The normalized spacial score (nSPS) is 23.6. The van der Waals surface area contributed by atoms with Crippen molar-refractivity contribution in [3.05, 3.63) is 59.5 Å². The fourth-order valence-electron chi connectivity index (χ4n) is 5.50. The Morgan fingerprint density at radius 2 is 1.83 bits per heavy atom. The SMILES string of the molecule is Cc1nc(NCC2(c3ccc(C(F)(F)F)cc3)CC2)nc(N[C@@]2(O)CC[C@H](CO)[C@H]2O)c1-c1nc2cnccc2s1.